The van der Waals surface area contributed by atoms with Crippen LogP contribution in [0.2, 0.25) is 0 Å². The van der Waals surface area contributed by atoms with E-state index in [-0.39, 0.29) is 0 Å². The second-order valence-corrected chi connectivity index (χ2v) is 5.04. The zero-order chi connectivity index (χ0) is 13.0. The molecule has 0 unspecified atom stereocenters. The Morgan fingerprint density at radius 3 is 2.83 bits per heavy atom. The molecule has 2 N–H and O–H groups in total. The summed E-state index contributed by atoms with van der Waals surface area (Å²) >= 11 is 0. The molecule has 0 amide bonds. The molecule has 2 rings (SSSR count). The average molecular weight is 251 g/mol. The van der Waals surface area contributed by atoms with E-state index in [0.717, 1.165) is 44.6 Å². The lowest BCUT2D eigenvalue weighted by Crippen LogP contribution is -2.40. The van der Waals surface area contributed by atoms with Gasteiger partial charge in [0.1, 0.15) is 0 Å². The summed E-state index contributed by atoms with van der Waals surface area (Å²) in [6.45, 7) is 3.35. The number of imidazole rings is 1. The predicted octanol–water partition coefficient (Wildman–Crippen LogP) is 2.35. The summed E-state index contributed by atoms with van der Waals surface area (Å²) in [6, 6.07) is 0. The van der Waals surface area contributed by atoms with Crippen molar-refractivity contribution < 1.29 is 9.90 Å². The molecule has 1 aliphatic carbocycles. The van der Waals surface area contributed by atoms with Crippen LogP contribution in [-0.2, 0) is 11.3 Å². The first-order chi connectivity index (χ1) is 8.68. The van der Waals surface area contributed by atoms with Crippen molar-refractivity contribution in [1.82, 2.24) is 9.55 Å². The third-order valence-corrected chi connectivity index (χ3v) is 3.91. The number of carboxylic acid groups (broad SMARTS) is 1. The lowest BCUT2D eigenvalue weighted by Gasteiger charge is -2.33. The highest BCUT2D eigenvalue weighted by atomic mass is 16.4. The summed E-state index contributed by atoms with van der Waals surface area (Å²) in [4.78, 5) is 15.7. The lowest BCUT2D eigenvalue weighted by atomic mass is 9.74. The van der Waals surface area contributed by atoms with Crippen LogP contribution in [0, 0.1) is 5.41 Å². The summed E-state index contributed by atoms with van der Waals surface area (Å²) in [6.07, 6.45) is 8.34. The molecule has 0 aliphatic heterocycles. The number of aryl methyl sites for hydroxylation is 1. The molecule has 0 radical (unpaired) electrons. The number of rotatable bonds is 5. The van der Waals surface area contributed by atoms with Gasteiger partial charge in [-0.2, -0.15) is 0 Å². The Balaban J connectivity index is 2.04. The minimum atomic E-state index is -0.677. The van der Waals surface area contributed by atoms with Crippen LogP contribution in [-0.4, -0.2) is 27.2 Å². The lowest BCUT2D eigenvalue weighted by molar-refractivity contribution is -0.150. The number of hydrogen-bond donors (Lipinski definition) is 2. The van der Waals surface area contributed by atoms with E-state index in [1.807, 2.05) is 17.7 Å². The number of carboxylic acids is 1. The normalized spacial score (nSPS) is 18.5. The van der Waals surface area contributed by atoms with Crippen LogP contribution in [0.3, 0.4) is 0 Å². The molecule has 1 heterocycles. The fraction of sp³-hybridized carbons (Fsp3) is 0.692. The Labute approximate surface area is 107 Å². The first-order valence-corrected chi connectivity index (χ1v) is 6.66. The Hall–Kier alpha value is -1.52. The summed E-state index contributed by atoms with van der Waals surface area (Å²) in [5, 5.41) is 12.7. The van der Waals surface area contributed by atoms with Gasteiger partial charge in [0.2, 0.25) is 5.95 Å². The van der Waals surface area contributed by atoms with Gasteiger partial charge in [-0.05, 0) is 19.8 Å². The van der Waals surface area contributed by atoms with Crippen molar-refractivity contribution in [2.45, 2.75) is 45.6 Å². The zero-order valence-electron chi connectivity index (χ0n) is 10.9. The SMILES string of the molecule is CCn1ccnc1NCC1(C(=O)O)CCCCC1. The largest absolute Gasteiger partial charge is 0.481 e. The van der Waals surface area contributed by atoms with E-state index in [2.05, 4.69) is 10.3 Å². The molecule has 1 saturated carbocycles. The van der Waals surface area contributed by atoms with Crippen molar-refractivity contribution in [3.63, 3.8) is 0 Å². The second-order valence-electron chi connectivity index (χ2n) is 5.04. The summed E-state index contributed by atoms with van der Waals surface area (Å²) < 4.78 is 1.98. The maximum atomic E-state index is 11.5. The highest BCUT2D eigenvalue weighted by molar-refractivity contribution is 5.75. The van der Waals surface area contributed by atoms with E-state index in [1.54, 1.807) is 6.20 Å². The van der Waals surface area contributed by atoms with Crippen molar-refractivity contribution in [2.24, 2.45) is 5.41 Å². The van der Waals surface area contributed by atoms with E-state index in [0.29, 0.717) is 6.54 Å². The van der Waals surface area contributed by atoms with Gasteiger partial charge in [0.05, 0.1) is 5.41 Å². The summed E-state index contributed by atoms with van der Waals surface area (Å²) in [5.74, 6) is 0.0907. The Morgan fingerprint density at radius 1 is 1.50 bits per heavy atom. The highest BCUT2D eigenvalue weighted by Crippen LogP contribution is 2.36. The number of carbonyl (C=O) groups is 1. The van der Waals surface area contributed by atoms with Crippen molar-refractivity contribution in [1.29, 1.82) is 0 Å². The summed E-state index contributed by atoms with van der Waals surface area (Å²) in [5.41, 5.74) is -0.608. The van der Waals surface area contributed by atoms with Crippen LogP contribution in [0.25, 0.3) is 0 Å². The van der Waals surface area contributed by atoms with Crippen molar-refractivity contribution >= 4 is 11.9 Å². The van der Waals surface area contributed by atoms with Gasteiger partial charge in [-0.1, -0.05) is 19.3 Å². The molecule has 18 heavy (non-hydrogen) atoms. The number of anilines is 1. The third kappa shape index (κ3) is 2.49. The van der Waals surface area contributed by atoms with E-state index in [4.69, 9.17) is 0 Å². The quantitative estimate of drug-likeness (QED) is 0.843. The van der Waals surface area contributed by atoms with Crippen LogP contribution in [0.15, 0.2) is 12.4 Å². The van der Waals surface area contributed by atoms with Crippen LogP contribution >= 0.6 is 0 Å². The number of nitrogens with one attached hydrogen (secondary N) is 1. The van der Waals surface area contributed by atoms with Gasteiger partial charge in [0.25, 0.3) is 0 Å². The summed E-state index contributed by atoms with van der Waals surface area (Å²) in [7, 11) is 0. The van der Waals surface area contributed by atoms with Gasteiger partial charge < -0.3 is 15.0 Å². The van der Waals surface area contributed by atoms with Gasteiger partial charge in [0.15, 0.2) is 0 Å². The second kappa shape index (κ2) is 5.42. The Kier molecular flexibility index (Phi) is 3.89. The first kappa shape index (κ1) is 12.9. The van der Waals surface area contributed by atoms with E-state index >= 15 is 0 Å². The Morgan fingerprint density at radius 2 is 2.22 bits per heavy atom. The third-order valence-electron chi connectivity index (χ3n) is 3.91. The smallest absolute Gasteiger partial charge is 0.311 e. The average Bonchev–Trinajstić information content (AvgIpc) is 2.84. The van der Waals surface area contributed by atoms with Gasteiger partial charge in [-0.15, -0.1) is 0 Å². The first-order valence-electron chi connectivity index (χ1n) is 6.66. The molecular formula is C13H21N3O2. The number of aromatic nitrogens is 2. The molecule has 1 aromatic rings. The zero-order valence-corrected chi connectivity index (χ0v) is 10.9. The van der Waals surface area contributed by atoms with Crippen molar-refractivity contribution in [3.8, 4) is 0 Å². The van der Waals surface area contributed by atoms with Crippen LogP contribution < -0.4 is 5.32 Å². The van der Waals surface area contributed by atoms with Gasteiger partial charge in [0, 0.05) is 25.5 Å². The number of hydrogen-bond acceptors (Lipinski definition) is 3. The van der Waals surface area contributed by atoms with Crippen molar-refractivity contribution in [3.05, 3.63) is 12.4 Å². The molecule has 1 aromatic heterocycles. The van der Waals surface area contributed by atoms with Gasteiger partial charge in [-0.25, -0.2) is 4.98 Å². The molecule has 5 heteroatoms. The molecule has 100 valence electrons. The number of aliphatic carboxylic acids is 1. The van der Waals surface area contributed by atoms with Gasteiger partial charge >= 0.3 is 5.97 Å². The highest BCUT2D eigenvalue weighted by Gasteiger charge is 2.39. The topological polar surface area (TPSA) is 67.2 Å². The van der Waals surface area contributed by atoms with Crippen molar-refractivity contribution in [2.75, 3.05) is 11.9 Å². The van der Waals surface area contributed by atoms with Gasteiger partial charge in [-0.3, -0.25) is 4.79 Å². The fourth-order valence-electron chi connectivity index (χ4n) is 2.67. The van der Waals surface area contributed by atoms with E-state index < -0.39 is 11.4 Å². The minimum Gasteiger partial charge on any atom is -0.481 e. The molecule has 0 saturated heterocycles. The number of nitrogens with zero attached hydrogens (tertiary/aromatic N) is 2. The maximum Gasteiger partial charge on any atom is 0.311 e. The standard InChI is InChI=1S/C13H21N3O2/c1-2-16-9-8-14-12(16)15-10-13(11(17)18)6-4-3-5-7-13/h8-9H,2-7,10H2,1H3,(H,14,15)(H,17,18). The van der Waals surface area contributed by atoms with Crippen LogP contribution in [0.1, 0.15) is 39.0 Å². The molecular weight excluding hydrogens is 230 g/mol. The maximum absolute atomic E-state index is 11.5. The van der Waals surface area contributed by atoms with E-state index in [1.165, 1.54) is 0 Å². The monoisotopic (exact) mass is 251 g/mol. The van der Waals surface area contributed by atoms with E-state index in [9.17, 15) is 9.90 Å². The fourth-order valence-corrected chi connectivity index (χ4v) is 2.67. The minimum absolute atomic E-state index is 0.472. The van der Waals surface area contributed by atoms with Crippen LogP contribution in [0.4, 0.5) is 5.95 Å². The molecule has 0 bridgehead atoms. The molecule has 5 nitrogen and oxygen atoms in total. The predicted molar refractivity (Wildman–Crippen MR) is 69.5 cm³/mol. The molecule has 0 aromatic carbocycles. The molecule has 0 spiro atoms. The van der Waals surface area contributed by atoms with Crippen LogP contribution in [0.5, 0.6) is 0 Å². The molecule has 1 fully saturated rings. The molecule has 1 aliphatic rings. The Bertz CT molecular complexity index is 408. The molecule has 0 atom stereocenters.